The largest absolute Gasteiger partial charge is 0.497 e. The third kappa shape index (κ3) is 3.75. The van der Waals surface area contributed by atoms with Crippen LogP contribution in [0.15, 0.2) is 34.8 Å². The highest BCUT2D eigenvalue weighted by Crippen LogP contribution is 2.30. The number of hydrogen-bond donors (Lipinski definition) is 1. The third-order valence-electron chi connectivity index (χ3n) is 4.58. The van der Waals surface area contributed by atoms with Crippen molar-refractivity contribution in [2.75, 3.05) is 26.7 Å². The lowest BCUT2D eigenvalue weighted by Gasteiger charge is -2.14. The van der Waals surface area contributed by atoms with E-state index in [4.69, 9.17) is 4.74 Å². The summed E-state index contributed by atoms with van der Waals surface area (Å²) in [6, 6.07) is 6.90. The Bertz CT molecular complexity index is 857. The summed E-state index contributed by atoms with van der Waals surface area (Å²) < 4.78 is 32.6. The van der Waals surface area contributed by atoms with Crippen molar-refractivity contribution in [1.29, 1.82) is 0 Å². The van der Waals surface area contributed by atoms with Gasteiger partial charge < -0.3 is 9.64 Å². The summed E-state index contributed by atoms with van der Waals surface area (Å²) in [6.45, 7) is 3.69. The van der Waals surface area contributed by atoms with Gasteiger partial charge >= 0.3 is 0 Å². The van der Waals surface area contributed by atoms with E-state index in [1.807, 2.05) is 4.90 Å². The second-order valence-electron chi connectivity index (χ2n) is 6.36. The zero-order valence-corrected chi connectivity index (χ0v) is 15.8. The quantitative estimate of drug-likeness (QED) is 0.766. The van der Waals surface area contributed by atoms with Crippen molar-refractivity contribution < 1.29 is 17.9 Å². The molecule has 0 unspecified atom stereocenters. The van der Waals surface area contributed by atoms with E-state index in [2.05, 4.69) is 9.71 Å². The first-order valence-corrected chi connectivity index (χ1v) is 10.1. The topological polar surface area (TPSA) is 88.1 Å². The number of amidine groups is 1. The number of carbonyl (C=O) groups is 1. The first-order chi connectivity index (χ1) is 12.4. The molecule has 2 aliphatic rings. The number of amides is 1. The van der Waals surface area contributed by atoms with Gasteiger partial charge in [0.05, 0.1) is 7.11 Å². The van der Waals surface area contributed by atoms with Crippen molar-refractivity contribution in [3.05, 3.63) is 35.4 Å². The lowest BCUT2D eigenvalue weighted by molar-refractivity contribution is -0.127. The van der Waals surface area contributed by atoms with Crippen LogP contribution in [0.2, 0.25) is 0 Å². The fourth-order valence-corrected chi connectivity index (χ4v) is 4.74. The molecule has 0 atom stereocenters. The fraction of sp³-hybridized carbons (Fsp3) is 0.444. The number of nitrogens with zero attached hydrogens (tertiary/aromatic N) is 2. The summed E-state index contributed by atoms with van der Waals surface area (Å²) in [5.41, 5.74) is 1.20. The Kier molecular flexibility index (Phi) is 5.31. The predicted octanol–water partition coefficient (Wildman–Crippen LogP) is 1.77. The smallest absolute Gasteiger partial charge is 0.264 e. The highest BCUT2D eigenvalue weighted by molar-refractivity contribution is 8.00. The summed E-state index contributed by atoms with van der Waals surface area (Å²) >= 11 is 0. The van der Waals surface area contributed by atoms with Crippen LogP contribution in [0.4, 0.5) is 0 Å². The lowest BCUT2D eigenvalue weighted by atomic mass is 10.1. The molecule has 2 heterocycles. The van der Waals surface area contributed by atoms with Gasteiger partial charge in [0.15, 0.2) is 0 Å². The average molecular weight is 377 g/mol. The van der Waals surface area contributed by atoms with Gasteiger partial charge in [-0.3, -0.25) is 14.5 Å². The molecule has 1 aromatic carbocycles. The number of carbonyl (C=O) groups excluding carboxylic acids is 1. The number of methoxy groups -OCH3 is 1. The van der Waals surface area contributed by atoms with Crippen LogP contribution in [0.1, 0.15) is 31.7 Å². The van der Waals surface area contributed by atoms with Gasteiger partial charge in [0.2, 0.25) is 5.91 Å². The van der Waals surface area contributed by atoms with Crippen molar-refractivity contribution in [3.63, 3.8) is 0 Å². The molecule has 7 nitrogen and oxygen atoms in total. The Morgan fingerprint density at radius 1 is 1.27 bits per heavy atom. The predicted molar refractivity (Wildman–Crippen MR) is 100 cm³/mol. The average Bonchev–Trinajstić information content (AvgIpc) is 3.12. The molecule has 0 aliphatic carbocycles. The molecular weight excluding hydrogens is 354 g/mol. The third-order valence-corrected chi connectivity index (χ3v) is 6.12. The van der Waals surface area contributed by atoms with Gasteiger partial charge in [0.25, 0.3) is 10.0 Å². The zero-order valence-electron chi connectivity index (χ0n) is 15.0. The molecule has 0 aromatic heterocycles. The Labute approximate surface area is 153 Å². The van der Waals surface area contributed by atoms with Gasteiger partial charge in [-0.15, -0.1) is 0 Å². The first-order valence-electron chi connectivity index (χ1n) is 8.63. The Morgan fingerprint density at radius 2 is 2.00 bits per heavy atom. The summed E-state index contributed by atoms with van der Waals surface area (Å²) in [7, 11) is -2.06. The molecule has 0 saturated carbocycles. The monoisotopic (exact) mass is 377 g/mol. The second kappa shape index (κ2) is 7.49. The maximum absolute atomic E-state index is 12.5. The van der Waals surface area contributed by atoms with Crippen LogP contribution in [0.3, 0.4) is 0 Å². The van der Waals surface area contributed by atoms with E-state index in [9.17, 15) is 13.2 Å². The molecule has 1 N–H and O–H groups in total. The number of sulfonamides is 1. The number of benzene rings is 1. The molecule has 140 valence electrons. The number of hydrogen-bond acceptors (Lipinski definition) is 5. The fourth-order valence-electron chi connectivity index (χ4n) is 3.22. The molecule has 1 aromatic rings. The number of aliphatic imine (C=N–C) groups is 1. The van der Waals surface area contributed by atoms with Crippen molar-refractivity contribution in [1.82, 2.24) is 9.62 Å². The van der Waals surface area contributed by atoms with Gasteiger partial charge in [0.1, 0.15) is 16.5 Å². The summed E-state index contributed by atoms with van der Waals surface area (Å²) in [4.78, 5) is 18.1. The van der Waals surface area contributed by atoms with Gasteiger partial charge in [0, 0.05) is 31.6 Å². The molecule has 0 bridgehead atoms. The van der Waals surface area contributed by atoms with Crippen molar-refractivity contribution in [3.8, 4) is 5.75 Å². The molecule has 3 rings (SSSR count). The number of ether oxygens (including phenoxy) is 1. The molecule has 8 heteroatoms. The minimum absolute atomic E-state index is 0.192. The zero-order chi connectivity index (χ0) is 18.7. The van der Waals surface area contributed by atoms with E-state index in [0.717, 1.165) is 13.0 Å². The highest BCUT2D eigenvalue weighted by Gasteiger charge is 2.32. The van der Waals surface area contributed by atoms with Crippen LogP contribution < -0.4 is 9.46 Å². The van der Waals surface area contributed by atoms with Crippen LogP contribution >= 0.6 is 0 Å². The Hall–Kier alpha value is -2.35. The van der Waals surface area contributed by atoms with Gasteiger partial charge in [-0.05, 0) is 49.6 Å². The van der Waals surface area contributed by atoms with Crippen LogP contribution in [0.25, 0.3) is 4.91 Å². The van der Waals surface area contributed by atoms with E-state index in [1.165, 1.54) is 0 Å². The minimum Gasteiger partial charge on any atom is -0.497 e. The van der Waals surface area contributed by atoms with Crippen LogP contribution in [0, 0.1) is 0 Å². The number of nitrogens with one attached hydrogen (secondary N) is 1. The normalized spacial score (nSPS) is 20.8. The van der Waals surface area contributed by atoms with E-state index in [0.29, 0.717) is 48.7 Å². The van der Waals surface area contributed by atoms with E-state index in [1.54, 1.807) is 38.3 Å². The van der Waals surface area contributed by atoms with E-state index >= 15 is 0 Å². The first kappa shape index (κ1) is 18.4. The number of likely N-dealkylation sites (tertiary alicyclic amines) is 1. The van der Waals surface area contributed by atoms with Crippen LogP contribution in [-0.2, 0) is 14.8 Å². The van der Waals surface area contributed by atoms with Crippen LogP contribution in [-0.4, -0.2) is 51.8 Å². The highest BCUT2D eigenvalue weighted by atomic mass is 32.2. The Balaban J connectivity index is 1.72. The molecule has 1 saturated heterocycles. The van der Waals surface area contributed by atoms with Crippen LogP contribution in [0.5, 0.6) is 5.75 Å². The lowest BCUT2D eigenvalue weighted by Crippen LogP contribution is -2.27. The van der Waals surface area contributed by atoms with Crippen molar-refractivity contribution >= 4 is 26.7 Å². The van der Waals surface area contributed by atoms with Crippen molar-refractivity contribution in [2.24, 2.45) is 4.99 Å². The Morgan fingerprint density at radius 3 is 2.62 bits per heavy atom. The molecule has 0 spiro atoms. The maximum atomic E-state index is 12.5. The van der Waals surface area contributed by atoms with Gasteiger partial charge in [-0.1, -0.05) is 0 Å². The number of rotatable bonds is 6. The van der Waals surface area contributed by atoms with E-state index in [-0.39, 0.29) is 10.8 Å². The molecule has 2 aliphatic heterocycles. The van der Waals surface area contributed by atoms with E-state index < -0.39 is 10.0 Å². The maximum Gasteiger partial charge on any atom is 0.264 e. The molecule has 1 fully saturated rings. The SMILES string of the molecule is COc1ccc(C2=C(C)C(=NCCCN3CCCC3=O)NS2(=O)=O)cc1. The minimum atomic E-state index is -3.63. The summed E-state index contributed by atoms with van der Waals surface area (Å²) in [6.07, 6.45) is 2.25. The second-order valence-corrected chi connectivity index (χ2v) is 7.98. The van der Waals surface area contributed by atoms with Gasteiger partial charge in [-0.25, -0.2) is 8.42 Å². The van der Waals surface area contributed by atoms with Gasteiger partial charge in [-0.2, -0.15) is 0 Å². The van der Waals surface area contributed by atoms with Crippen molar-refractivity contribution in [2.45, 2.75) is 26.2 Å². The molecule has 26 heavy (non-hydrogen) atoms. The molecular formula is C18H23N3O4S. The molecule has 0 radical (unpaired) electrons. The summed E-state index contributed by atoms with van der Waals surface area (Å²) in [5.74, 6) is 1.24. The standard InChI is InChI=1S/C18H23N3O4S/c1-13-17(14-6-8-15(25-2)9-7-14)26(23,24)20-18(13)19-10-4-12-21-11-3-5-16(21)22/h6-9H,3-5,10-12H2,1-2H3,(H,19,20). The summed E-state index contributed by atoms with van der Waals surface area (Å²) in [5, 5.41) is 0. The molecule has 1 amide bonds.